The van der Waals surface area contributed by atoms with E-state index in [1.54, 1.807) is 12.4 Å². The third-order valence-corrected chi connectivity index (χ3v) is 5.14. The molecule has 2 aromatic rings. The van der Waals surface area contributed by atoms with Crippen LogP contribution in [-0.4, -0.2) is 29.8 Å². The van der Waals surface area contributed by atoms with Crippen molar-refractivity contribution in [1.29, 1.82) is 0 Å². The minimum Gasteiger partial charge on any atom is -0.490 e. The Bertz CT molecular complexity index is 711. The van der Waals surface area contributed by atoms with Crippen LogP contribution in [0.5, 0.6) is 5.75 Å². The molecular weight excluding hydrogens is 384 g/mol. The van der Waals surface area contributed by atoms with Gasteiger partial charge < -0.3 is 9.47 Å². The Labute approximate surface area is 189 Å². The van der Waals surface area contributed by atoms with Gasteiger partial charge in [0.2, 0.25) is 0 Å². The van der Waals surface area contributed by atoms with Gasteiger partial charge >= 0.3 is 0 Å². The van der Waals surface area contributed by atoms with Gasteiger partial charge in [-0.3, -0.25) is 0 Å². The van der Waals surface area contributed by atoms with Crippen molar-refractivity contribution in [2.24, 2.45) is 0 Å². The number of benzene rings is 1. The molecule has 1 aromatic carbocycles. The molecule has 4 nitrogen and oxygen atoms in total. The highest BCUT2D eigenvalue weighted by atomic mass is 16.5. The van der Waals surface area contributed by atoms with Gasteiger partial charge in [0.05, 0.1) is 19.0 Å². The van der Waals surface area contributed by atoms with Crippen LogP contribution < -0.4 is 4.74 Å². The summed E-state index contributed by atoms with van der Waals surface area (Å²) in [6.45, 7) is 6.82. The highest BCUT2D eigenvalue weighted by Gasteiger charge is 2.03. The lowest BCUT2D eigenvalue weighted by molar-refractivity contribution is 0.130. The first kappa shape index (κ1) is 25.1. The average Bonchev–Trinajstić information content (AvgIpc) is 2.81. The molecule has 0 unspecified atom stereocenters. The Balaban J connectivity index is 1.66. The van der Waals surface area contributed by atoms with E-state index in [0.29, 0.717) is 6.61 Å². The summed E-state index contributed by atoms with van der Waals surface area (Å²) in [4.78, 5) is 8.94. The second-order valence-corrected chi connectivity index (χ2v) is 7.97. The molecule has 0 spiro atoms. The molecule has 2 rings (SSSR count). The number of nitrogens with zero attached hydrogens (tertiary/aromatic N) is 2. The molecule has 0 saturated heterocycles. The van der Waals surface area contributed by atoms with Crippen LogP contribution in [0.15, 0.2) is 48.8 Å². The highest BCUT2D eigenvalue weighted by Crippen LogP contribution is 2.18. The summed E-state index contributed by atoms with van der Waals surface area (Å²) in [6.07, 6.45) is 19.7. The second-order valence-electron chi connectivity index (χ2n) is 7.97. The predicted octanol–water partition coefficient (Wildman–Crippen LogP) is 7.19. The SMILES string of the molecule is CCCCC=CCCOc1cnc(-c2ccc(CCCCCCOCCC)cc2)nc1. The Morgan fingerprint density at radius 1 is 0.742 bits per heavy atom. The Hall–Kier alpha value is -2.20. The van der Waals surface area contributed by atoms with Gasteiger partial charge in [0.25, 0.3) is 0 Å². The normalized spacial score (nSPS) is 11.3. The molecule has 0 fully saturated rings. The number of rotatable bonds is 17. The van der Waals surface area contributed by atoms with Gasteiger partial charge in [0, 0.05) is 18.8 Å². The maximum atomic E-state index is 5.73. The summed E-state index contributed by atoms with van der Waals surface area (Å²) < 4.78 is 11.3. The number of hydrogen-bond acceptors (Lipinski definition) is 4. The molecule has 0 aliphatic heterocycles. The summed E-state index contributed by atoms with van der Waals surface area (Å²) in [5.41, 5.74) is 2.42. The summed E-state index contributed by atoms with van der Waals surface area (Å²) in [5, 5.41) is 0. The fourth-order valence-electron chi connectivity index (χ4n) is 3.30. The van der Waals surface area contributed by atoms with E-state index in [1.165, 1.54) is 44.1 Å². The third kappa shape index (κ3) is 11.1. The molecule has 0 radical (unpaired) electrons. The highest BCUT2D eigenvalue weighted by molar-refractivity contribution is 5.55. The van der Waals surface area contributed by atoms with Crippen LogP contribution in [0.4, 0.5) is 0 Å². The zero-order valence-corrected chi connectivity index (χ0v) is 19.5. The first-order valence-corrected chi connectivity index (χ1v) is 12.1. The van der Waals surface area contributed by atoms with Crippen LogP contribution in [0, 0.1) is 0 Å². The fourth-order valence-corrected chi connectivity index (χ4v) is 3.30. The molecule has 0 atom stereocenters. The zero-order valence-electron chi connectivity index (χ0n) is 19.5. The molecule has 31 heavy (non-hydrogen) atoms. The maximum absolute atomic E-state index is 5.73. The van der Waals surface area contributed by atoms with Gasteiger partial charge in [-0.2, -0.15) is 0 Å². The van der Waals surface area contributed by atoms with E-state index >= 15 is 0 Å². The number of unbranched alkanes of at least 4 members (excludes halogenated alkanes) is 5. The van der Waals surface area contributed by atoms with E-state index in [1.807, 2.05) is 0 Å². The zero-order chi connectivity index (χ0) is 22.0. The molecule has 4 heteroatoms. The van der Waals surface area contributed by atoms with Gasteiger partial charge in [-0.25, -0.2) is 9.97 Å². The molecule has 0 amide bonds. The van der Waals surface area contributed by atoms with E-state index in [0.717, 1.165) is 56.0 Å². The van der Waals surface area contributed by atoms with Crippen LogP contribution in [0.3, 0.4) is 0 Å². The quantitative estimate of drug-likeness (QED) is 0.199. The number of allylic oxidation sites excluding steroid dienone is 1. The summed E-state index contributed by atoms with van der Waals surface area (Å²) >= 11 is 0. The van der Waals surface area contributed by atoms with E-state index in [9.17, 15) is 0 Å². The molecule has 0 bridgehead atoms. The number of aromatic nitrogens is 2. The lowest BCUT2D eigenvalue weighted by atomic mass is 10.0. The predicted molar refractivity (Wildman–Crippen MR) is 130 cm³/mol. The molecule has 0 saturated carbocycles. The summed E-state index contributed by atoms with van der Waals surface area (Å²) in [7, 11) is 0. The van der Waals surface area contributed by atoms with Gasteiger partial charge in [-0.15, -0.1) is 0 Å². The Morgan fingerprint density at radius 3 is 2.23 bits per heavy atom. The van der Waals surface area contributed by atoms with Crippen LogP contribution in [0.1, 0.15) is 77.2 Å². The van der Waals surface area contributed by atoms with Crippen LogP contribution in [-0.2, 0) is 11.2 Å². The minimum atomic E-state index is 0.659. The topological polar surface area (TPSA) is 44.2 Å². The second kappa shape index (κ2) is 16.5. The Morgan fingerprint density at radius 2 is 1.48 bits per heavy atom. The van der Waals surface area contributed by atoms with E-state index in [4.69, 9.17) is 9.47 Å². The summed E-state index contributed by atoms with van der Waals surface area (Å²) in [6, 6.07) is 8.62. The van der Waals surface area contributed by atoms with Crippen molar-refractivity contribution >= 4 is 0 Å². The lowest BCUT2D eigenvalue weighted by Gasteiger charge is -2.06. The monoisotopic (exact) mass is 424 g/mol. The van der Waals surface area contributed by atoms with Crippen molar-refractivity contribution in [2.45, 2.75) is 78.1 Å². The number of hydrogen-bond donors (Lipinski definition) is 0. The lowest BCUT2D eigenvalue weighted by Crippen LogP contribution is -1.98. The molecule has 0 N–H and O–H groups in total. The van der Waals surface area contributed by atoms with E-state index in [2.05, 4.69) is 60.2 Å². The fraction of sp³-hybridized carbons (Fsp3) is 0.556. The third-order valence-electron chi connectivity index (χ3n) is 5.14. The average molecular weight is 425 g/mol. The van der Waals surface area contributed by atoms with Crippen LogP contribution >= 0.6 is 0 Å². The molecule has 0 aliphatic rings. The van der Waals surface area contributed by atoms with Gasteiger partial charge in [-0.1, -0.05) is 75.9 Å². The van der Waals surface area contributed by atoms with Crippen molar-refractivity contribution in [1.82, 2.24) is 9.97 Å². The van der Waals surface area contributed by atoms with Crippen molar-refractivity contribution < 1.29 is 9.47 Å². The molecular formula is C27H40N2O2. The van der Waals surface area contributed by atoms with Crippen molar-refractivity contribution in [3.05, 3.63) is 54.4 Å². The molecule has 1 aromatic heterocycles. The Kier molecular flexibility index (Phi) is 13.3. The van der Waals surface area contributed by atoms with Crippen molar-refractivity contribution in [3.8, 4) is 17.1 Å². The minimum absolute atomic E-state index is 0.659. The first-order valence-electron chi connectivity index (χ1n) is 12.1. The van der Waals surface area contributed by atoms with Crippen molar-refractivity contribution in [3.63, 3.8) is 0 Å². The first-order chi connectivity index (χ1) is 15.3. The van der Waals surface area contributed by atoms with Gasteiger partial charge in [-0.05, 0) is 44.1 Å². The maximum Gasteiger partial charge on any atom is 0.159 e. The molecule has 170 valence electrons. The molecule has 1 heterocycles. The summed E-state index contributed by atoms with van der Waals surface area (Å²) in [5.74, 6) is 1.47. The van der Waals surface area contributed by atoms with Gasteiger partial charge in [0.15, 0.2) is 11.6 Å². The number of ether oxygens (including phenoxy) is 2. The number of aryl methyl sites for hydroxylation is 1. The van der Waals surface area contributed by atoms with Crippen molar-refractivity contribution in [2.75, 3.05) is 19.8 Å². The van der Waals surface area contributed by atoms with E-state index in [-0.39, 0.29) is 0 Å². The smallest absolute Gasteiger partial charge is 0.159 e. The van der Waals surface area contributed by atoms with Crippen LogP contribution in [0.2, 0.25) is 0 Å². The van der Waals surface area contributed by atoms with Crippen LogP contribution in [0.25, 0.3) is 11.4 Å². The standard InChI is InChI=1S/C27H40N2O2/c1-3-5-6-7-9-13-21-31-26-22-28-27(29-23-26)25-17-15-24(16-18-25)14-11-8-10-12-20-30-19-4-2/h7,9,15-18,22-23H,3-6,8,10-14,19-21H2,1-2H3. The molecule has 0 aliphatic carbocycles. The van der Waals surface area contributed by atoms with E-state index < -0.39 is 0 Å². The van der Waals surface area contributed by atoms with Gasteiger partial charge in [0.1, 0.15) is 0 Å². The largest absolute Gasteiger partial charge is 0.490 e.